The molecule has 0 unspecified atom stereocenters. The lowest BCUT2D eigenvalue weighted by atomic mass is 10.1. The van der Waals surface area contributed by atoms with Gasteiger partial charge in [0, 0.05) is 32.0 Å². The van der Waals surface area contributed by atoms with Crippen LogP contribution in [-0.2, 0) is 19.6 Å². The molecule has 0 spiro atoms. The van der Waals surface area contributed by atoms with E-state index in [0.29, 0.717) is 0 Å². The first-order valence-corrected chi connectivity index (χ1v) is 5.60. The zero-order chi connectivity index (χ0) is 10.8. The molecule has 1 aliphatic rings. The van der Waals surface area contributed by atoms with Gasteiger partial charge in [-0.2, -0.15) is 0 Å². The second-order valence-electron chi connectivity index (χ2n) is 4.28. The molecule has 0 saturated heterocycles. The van der Waals surface area contributed by atoms with Crippen molar-refractivity contribution in [3.8, 4) is 0 Å². The zero-order valence-corrected chi connectivity index (χ0v) is 9.13. The Hall–Kier alpha value is -1.67. The lowest BCUT2D eigenvalue weighted by Gasteiger charge is -2.14. The molecule has 0 bridgehead atoms. The second-order valence-corrected chi connectivity index (χ2v) is 4.28. The number of pyridine rings is 1. The minimum atomic E-state index is 0.989. The summed E-state index contributed by atoms with van der Waals surface area (Å²) in [6, 6.07) is 12.8. The van der Waals surface area contributed by atoms with E-state index in [2.05, 4.69) is 40.2 Å². The molecule has 0 amide bonds. The Labute approximate surface area is 95.6 Å². The fourth-order valence-electron chi connectivity index (χ4n) is 2.27. The third-order valence-electron chi connectivity index (χ3n) is 3.04. The van der Waals surface area contributed by atoms with E-state index in [1.54, 1.807) is 0 Å². The van der Waals surface area contributed by atoms with Gasteiger partial charge in [-0.15, -0.1) is 0 Å². The first-order chi connectivity index (χ1) is 7.92. The van der Waals surface area contributed by atoms with E-state index in [-0.39, 0.29) is 0 Å². The fraction of sp³-hybridized carbons (Fsp3) is 0.214. The van der Waals surface area contributed by atoms with Gasteiger partial charge < -0.3 is 0 Å². The van der Waals surface area contributed by atoms with Crippen molar-refractivity contribution in [1.82, 2.24) is 9.88 Å². The van der Waals surface area contributed by atoms with Crippen molar-refractivity contribution in [3.05, 3.63) is 65.5 Å². The van der Waals surface area contributed by atoms with Crippen LogP contribution < -0.4 is 0 Å². The lowest BCUT2D eigenvalue weighted by Crippen LogP contribution is -2.15. The lowest BCUT2D eigenvalue weighted by molar-refractivity contribution is 0.275. The van der Waals surface area contributed by atoms with Gasteiger partial charge >= 0.3 is 0 Å². The van der Waals surface area contributed by atoms with Crippen molar-refractivity contribution in [2.75, 3.05) is 0 Å². The molecule has 2 heteroatoms. The summed E-state index contributed by atoms with van der Waals surface area (Å²) in [5.41, 5.74) is 4.22. The molecule has 0 aliphatic carbocycles. The molecule has 2 heterocycles. The van der Waals surface area contributed by atoms with Gasteiger partial charge in [-0.05, 0) is 22.8 Å². The van der Waals surface area contributed by atoms with Gasteiger partial charge in [-0.25, -0.2) is 0 Å². The number of benzene rings is 1. The van der Waals surface area contributed by atoms with Crippen molar-refractivity contribution in [3.63, 3.8) is 0 Å². The average Bonchev–Trinajstić information content (AvgIpc) is 2.72. The van der Waals surface area contributed by atoms with Crippen molar-refractivity contribution in [1.29, 1.82) is 0 Å². The normalized spacial score (nSPS) is 15.0. The van der Waals surface area contributed by atoms with Gasteiger partial charge in [-0.1, -0.05) is 30.3 Å². The highest BCUT2D eigenvalue weighted by molar-refractivity contribution is 5.30. The van der Waals surface area contributed by atoms with E-state index in [9.17, 15) is 0 Å². The van der Waals surface area contributed by atoms with Crippen molar-refractivity contribution in [2.24, 2.45) is 0 Å². The first-order valence-electron chi connectivity index (χ1n) is 5.60. The summed E-state index contributed by atoms with van der Waals surface area (Å²) in [5, 5.41) is 0. The van der Waals surface area contributed by atoms with Gasteiger partial charge in [0.1, 0.15) is 0 Å². The van der Waals surface area contributed by atoms with Gasteiger partial charge in [0.2, 0.25) is 0 Å². The molecule has 2 nitrogen and oxygen atoms in total. The molecule has 1 aromatic heterocycles. The van der Waals surface area contributed by atoms with Crippen LogP contribution in [0.1, 0.15) is 16.7 Å². The summed E-state index contributed by atoms with van der Waals surface area (Å²) < 4.78 is 0. The quantitative estimate of drug-likeness (QED) is 0.757. The molecule has 0 saturated carbocycles. The number of fused-ring (bicyclic) bond motifs is 1. The summed E-state index contributed by atoms with van der Waals surface area (Å²) in [4.78, 5) is 6.60. The largest absolute Gasteiger partial charge is 0.291 e. The van der Waals surface area contributed by atoms with Crippen LogP contribution in [0.3, 0.4) is 0 Å². The van der Waals surface area contributed by atoms with Crippen molar-refractivity contribution in [2.45, 2.75) is 19.6 Å². The minimum Gasteiger partial charge on any atom is -0.291 e. The number of nitrogens with zero attached hydrogens (tertiary/aromatic N) is 2. The van der Waals surface area contributed by atoms with E-state index in [0.717, 1.165) is 19.6 Å². The molecule has 1 aromatic carbocycles. The predicted octanol–water partition coefficient (Wildman–Crippen LogP) is 2.60. The number of hydrogen-bond donors (Lipinski definition) is 0. The molecule has 80 valence electrons. The summed E-state index contributed by atoms with van der Waals surface area (Å²) in [6.45, 7) is 3.11. The highest BCUT2D eigenvalue weighted by Crippen LogP contribution is 2.23. The van der Waals surface area contributed by atoms with Crippen LogP contribution in [0.2, 0.25) is 0 Å². The van der Waals surface area contributed by atoms with Gasteiger partial charge in [-0.3, -0.25) is 9.88 Å². The highest BCUT2D eigenvalue weighted by Gasteiger charge is 2.17. The monoisotopic (exact) mass is 210 g/mol. The molecule has 0 fully saturated rings. The topological polar surface area (TPSA) is 16.1 Å². The predicted molar refractivity (Wildman–Crippen MR) is 63.6 cm³/mol. The van der Waals surface area contributed by atoms with E-state index >= 15 is 0 Å². The molecule has 16 heavy (non-hydrogen) atoms. The van der Waals surface area contributed by atoms with E-state index in [1.165, 1.54) is 16.7 Å². The minimum absolute atomic E-state index is 0.989. The Morgan fingerprint density at radius 2 is 1.75 bits per heavy atom. The van der Waals surface area contributed by atoms with Crippen LogP contribution in [0.15, 0.2) is 48.8 Å². The maximum Gasteiger partial charge on any atom is 0.0312 e. The molecular weight excluding hydrogens is 196 g/mol. The molecule has 3 rings (SSSR count). The molecule has 1 aliphatic heterocycles. The summed E-state index contributed by atoms with van der Waals surface area (Å²) in [7, 11) is 0. The fourth-order valence-corrected chi connectivity index (χ4v) is 2.27. The van der Waals surface area contributed by atoms with Crippen molar-refractivity contribution >= 4 is 0 Å². The van der Waals surface area contributed by atoms with Crippen LogP contribution in [0.25, 0.3) is 0 Å². The molecule has 0 radical (unpaired) electrons. The van der Waals surface area contributed by atoms with E-state index in [1.807, 2.05) is 18.5 Å². The average molecular weight is 210 g/mol. The Morgan fingerprint density at radius 3 is 2.38 bits per heavy atom. The Balaban J connectivity index is 1.73. The molecular formula is C14H14N2. The van der Waals surface area contributed by atoms with E-state index < -0.39 is 0 Å². The SMILES string of the molecule is c1cncc(CN2Cc3ccccc3C2)c1. The molecule has 0 N–H and O–H groups in total. The number of hydrogen-bond acceptors (Lipinski definition) is 2. The smallest absolute Gasteiger partial charge is 0.0312 e. The number of aromatic nitrogens is 1. The van der Waals surface area contributed by atoms with Crippen LogP contribution >= 0.6 is 0 Å². The van der Waals surface area contributed by atoms with E-state index in [4.69, 9.17) is 0 Å². The van der Waals surface area contributed by atoms with Crippen LogP contribution in [0.5, 0.6) is 0 Å². The van der Waals surface area contributed by atoms with Gasteiger partial charge in [0.25, 0.3) is 0 Å². The molecule has 0 atom stereocenters. The second kappa shape index (κ2) is 4.06. The Bertz CT molecular complexity index is 454. The highest BCUT2D eigenvalue weighted by atomic mass is 15.1. The third-order valence-corrected chi connectivity index (χ3v) is 3.04. The Kier molecular flexibility index (Phi) is 2.43. The first kappa shape index (κ1) is 9.55. The van der Waals surface area contributed by atoms with Gasteiger partial charge in [0.15, 0.2) is 0 Å². The number of rotatable bonds is 2. The summed E-state index contributed by atoms with van der Waals surface area (Å²) in [5.74, 6) is 0. The Morgan fingerprint density at radius 1 is 1.00 bits per heavy atom. The standard InChI is InChI=1S/C14H14N2/c1-2-6-14-11-16(10-13(14)5-1)9-12-4-3-7-15-8-12/h1-8H,9-11H2. The van der Waals surface area contributed by atoms with Crippen molar-refractivity contribution < 1.29 is 0 Å². The van der Waals surface area contributed by atoms with Crippen LogP contribution in [0, 0.1) is 0 Å². The maximum atomic E-state index is 4.15. The summed E-state index contributed by atoms with van der Waals surface area (Å²) >= 11 is 0. The summed E-state index contributed by atoms with van der Waals surface area (Å²) in [6.07, 6.45) is 3.77. The molecule has 2 aromatic rings. The maximum absolute atomic E-state index is 4.15. The van der Waals surface area contributed by atoms with Gasteiger partial charge in [0.05, 0.1) is 0 Å². The third kappa shape index (κ3) is 1.84. The van der Waals surface area contributed by atoms with Crippen LogP contribution in [-0.4, -0.2) is 9.88 Å². The zero-order valence-electron chi connectivity index (χ0n) is 9.13. The van der Waals surface area contributed by atoms with Crippen LogP contribution in [0.4, 0.5) is 0 Å².